The molecule has 3 heterocycles. The third-order valence-corrected chi connectivity index (χ3v) is 10.6. The predicted octanol–water partition coefficient (Wildman–Crippen LogP) is 9.18. The lowest BCUT2D eigenvalue weighted by Crippen LogP contribution is -2.41. The summed E-state index contributed by atoms with van der Waals surface area (Å²) >= 11 is 6.34. The Balaban J connectivity index is 1.55. The number of nitrogens with zero attached hydrogens (tertiary/aromatic N) is 3. The molecule has 0 spiro atoms. The number of aromatic nitrogens is 3. The fourth-order valence-corrected chi connectivity index (χ4v) is 7.26. The maximum absolute atomic E-state index is 15.9. The first-order chi connectivity index (χ1) is 26.9. The minimum Gasteiger partial charge on any atom is -0.486 e. The molecule has 1 aliphatic rings. The van der Waals surface area contributed by atoms with Crippen molar-refractivity contribution in [3.63, 3.8) is 0 Å². The van der Waals surface area contributed by atoms with Crippen molar-refractivity contribution in [3.8, 4) is 17.0 Å². The quantitative estimate of drug-likeness (QED) is 0.100. The van der Waals surface area contributed by atoms with Crippen LogP contribution >= 0.6 is 11.6 Å². The molecule has 0 bridgehead atoms. The normalized spacial score (nSPS) is 15.1. The van der Waals surface area contributed by atoms with Gasteiger partial charge in [-0.25, -0.2) is 22.5 Å². The van der Waals surface area contributed by atoms with Gasteiger partial charge in [-0.2, -0.15) is 18.3 Å². The van der Waals surface area contributed by atoms with E-state index in [1.165, 1.54) is 29.8 Å². The molecule has 3 aromatic carbocycles. The largest absolute Gasteiger partial charge is 0.486 e. The second-order valence-electron chi connectivity index (χ2n) is 14.7. The molecule has 1 aliphatic heterocycles. The number of fused-ring (bicyclic) bond motifs is 1. The standard InChI is InChI=1S/C40H43ClF4N6O5S/c1-5-57(53,54)50-30-15-14-27(41)17-26(30)22-46-37-35-32(51(34-13-9-10-16-55-34)49-36(35)38(52)48-39(2,3)4)20-31(47-37)28-19-29(42)33(18-25(28)21-40(43,44)45)56-23-24-11-7-6-8-12-24/h6-8,11-12,14-15,17-20,34,50H,5,9-10,13,16,21-23H2,1-4H3,(H,46,47)(H,48,52). The zero-order valence-electron chi connectivity index (χ0n) is 31.8. The van der Waals surface area contributed by atoms with Crippen molar-refractivity contribution in [1.82, 2.24) is 20.1 Å². The number of nitrogens with one attached hydrogen (secondary N) is 3. The smallest absolute Gasteiger partial charge is 0.393 e. The number of carbonyl (C=O) groups excluding carboxylic acids is 1. The number of alkyl halides is 3. The number of benzene rings is 3. The van der Waals surface area contributed by atoms with Gasteiger partial charge in [-0.15, -0.1) is 0 Å². The van der Waals surface area contributed by atoms with Crippen LogP contribution in [0.3, 0.4) is 0 Å². The summed E-state index contributed by atoms with van der Waals surface area (Å²) < 4.78 is 99.5. The van der Waals surface area contributed by atoms with Crippen molar-refractivity contribution in [2.75, 3.05) is 22.4 Å². The second kappa shape index (κ2) is 16.9. The van der Waals surface area contributed by atoms with Crippen molar-refractivity contribution < 1.29 is 40.2 Å². The van der Waals surface area contributed by atoms with Gasteiger partial charge in [0.2, 0.25) is 10.0 Å². The van der Waals surface area contributed by atoms with Gasteiger partial charge in [0.25, 0.3) is 5.91 Å². The average molecular weight is 831 g/mol. The number of amides is 1. The lowest BCUT2D eigenvalue weighted by molar-refractivity contribution is -0.127. The molecular weight excluding hydrogens is 788 g/mol. The van der Waals surface area contributed by atoms with E-state index >= 15 is 4.39 Å². The van der Waals surface area contributed by atoms with Gasteiger partial charge in [0.15, 0.2) is 23.5 Å². The van der Waals surface area contributed by atoms with Crippen molar-refractivity contribution in [2.24, 2.45) is 0 Å². The Morgan fingerprint density at radius 2 is 1.79 bits per heavy atom. The summed E-state index contributed by atoms with van der Waals surface area (Å²) in [5, 5.41) is 11.3. The molecule has 304 valence electrons. The van der Waals surface area contributed by atoms with Crippen molar-refractivity contribution in [2.45, 2.75) is 84.5 Å². The molecule has 6 rings (SSSR count). The molecule has 57 heavy (non-hydrogen) atoms. The molecule has 1 atom stereocenters. The number of carbonyl (C=O) groups is 1. The van der Waals surface area contributed by atoms with Crippen molar-refractivity contribution >= 4 is 49.9 Å². The van der Waals surface area contributed by atoms with Crippen LogP contribution in [0.4, 0.5) is 29.1 Å². The highest BCUT2D eigenvalue weighted by Gasteiger charge is 2.33. The van der Waals surface area contributed by atoms with Gasteiger partial charge in [0.05, 0.1) is 34.5 Å². The van der Waals surface area contributed by atoms with Crippen LogP contribution < -0.4 is 20.1 Å². The molecule has 1 amide bonds. The van der Waals surface area contributed by atoms with Gasteiger partial charge >= 0.3 is 6.18 Å². The Bertz CT molecular complexity index is 2360. The summed E-state index contributed by atoms with van der Waals surface area (Å²) in [4.78, 5) is 18.7. The zero-order chi connectivity index (χ0) is 41.1. The molecule has 17 heteroatoms. The highest BCUT2D eigenvalue weighted by molar-refractivity contribution is 7.92. The lowest BCUT2D eigenvalue weighted by atomic mass is 9.99. The van der Waals surface area contributed by atoms with E-state index in [4.69, 9.17) is 31.2 Å². The number of sulfonamides is 1. The van der Waals surface area contributed by atoms with Crippen LogP contribution in [0.1, 0.15) is 80.4 Å². The first-order valence-electron chi connectivity index (χ1n) is 18.4. The van der Waals surface area contributed by atoms with E-state index in [1.807, 2.05) is 0 Å². The van der Waals surface area contributed by atoms with Crippen LogP contribution in [-0.4, -0.2) is 53.2 Å². The Kier molecular flexibility index (Phi) is 12.4. The van der Waals surface area contributed by atoms with Gasteiger partial charge in [-0.3, -0.25) is 9.52 Å². The predicted molar refractivity (Wildman–Crippen MR) is 211 cm³/mol. The number of halogens is 5. The summed E-state index contributed by atoms with van der Waals surface area (Å²) in [7, 11) is -3.71. The fraction of sp³-hybridized carbons (Fsp3) is 0.375. The minimum absolute atomic E-state index is 0.00987. The molecule has 1 fully saturated rings. The van der Waals surface area contributed by atoms with Crippen LogP contribution in [-0.2, 0) is 34.3 Å². The Morgan fingerprint density at radius 3 is 2.46 bits per heavy atom. The molecule has 11 nitrogen and oxygen atoms in total. The average Bonchev–Trinajstić information content (AvgIpc) is 3.54. The minimum atomic E-state index is -4.70. The van der Waals surface area contributed by atoms with Crippen LogP contribution in [0.2, 0.25) is 5.02 Å². The molecule has 2 aromatic heterocycles. The number of anilines is 2. The van der Waals surface area contributed by atoms with Gasteiger partial charge in [-0.05, 0) is 100 Å². The fourth-order valence-electron chi connectivity index (χ4n) is 6.39. The summed E-state index contributed by atoms with van der Waals surface area (Å²) in [6.45, 7) is 7.09. The number of hydrogen-bond acceptors (Lipinski definition) is 8. The van der Waals surface area contributed by atoms with E-state index < -0.39 is 46.1 Å². The molecule has 0 saturated carbocycles. The number of rotatable bonds is 13. The number of ether oxygens (including phenoxy) is 2. The van der Waals surface area contributed by atoms with Crippen molar-refractivity contribution in [3.05, 3.63) is 100.0 Å². The summed E-state index contributed by atoms with van der Waals surface area (Å²) in [5.41, 5.74) is 0.336. The summed E-state index contributed by atoms with van der Waals surface area (Å²) in [6, 6.07) is 16.8. The SMILES string of the molecule is CCS(=O)(=O)Nc1ccc(Cl)cc1CNc1nc(-c2cc(F)c(OCc3ccccc3)cc2CC(F)(F)F)cc2c1c(C(=O)NC(C)(C)C)nn2C1CCCCO1. The maximum Gasteiger partial charge on any atom is 0.393 e. The summed E-state index contributed by atoms with van der Waals surface area (Å²) in [5.74, 6) is -2.03. The zero-order valence-corrected chi connectivity index (χ0v) is 33.3. The van der Waals surface area contributed by atoms with Crippen LogP contribution in [0.15, 0.2) is 66.7 Å². The van der Waals surface area contributed by atoms with E-state index in [0.29, 0.717) is 29.2 Å². The summed E-state index contributed by atoms with van der Waals surface area (Å²) in [6.07, 6.45) is -4.64. The number of hydrogen-bond donors (Lipinski definition) is 3. The third kappa shape index (κ3) is 10.5. The first-order valence-corrected chi connectivity index (χ1v) is 20.4. The molecule has 5 aromatic rings. The van der Waals surface area contributed by atoms with E-state index in [0.717, 1.165) is 25.0 Å². The Morgan fingerprint density at radius 1 is 1.04 bits per heavy atom. The monoisotopic (exact) mass is 830 g/mol. The van der Waals surface area contributed by atoms with Crippen LogP contribution in [0.5, 0.6) is 5.75 Å². The first kappa shape index (κ1) is 41.7. The topological polar surface area (TPSA) is 136 Å². The van der Waals surface area contributed by atoms with Gasteiger partial charge in [0, 0.05) is 29.3 Å². The van der Waals surface area contributed by atoms with E-state index in [1.54, 1.807) is 57.2 Å². The second-order valence-corrected chi connectivity index (χ2v) is 17.2. The third-order valence-electron chi connectivity index (χ3n) is 9.04. The lowest BCUT2D eigenvalue weighted by Gasteiger charge is -2.24. The highest BCUT2D eigenvalue weighted by atomic mass is 35.5. The van der Waals surface area contributed by atoms with Gasteiger partial charge < -0.3 is 20.1 Å². The number of pyridine rings is 1. The van der Waals surface area contributed by atoms with E-state index in [-0.39, 0.29) is 69.6 Å². The molecule has 1 saturated heterocycles. The molecule has 0 aliphatic carbocycles. The van der Waals surface area contributed by atoms with Crippen LogP contribution in [0, 0.1) is 5.82 Å². The molecule has 1 unspecified atom stereocenters. The van der Waals surface area contributed by atoms with Gasteiger partial charge in [0.1, 0.15) is 12.4 Å². The molecule has 3 N–H and O–H groups in total. The van der Waals surface area contributed by atoms with Crippen molar-refractivity contribution in [1.29, 1.82) is 0 Å². The highest BCUT2D eigenvalue weighted by Crippen LogP contribution is 2.39. The van der Waals surface area contributed by atoms with E-state index in [2.05, 4.69) is 15.4 Å². The Labute approximate surface area is 333 Å². The maximum atomic E-state index is 15.9. The van der Waals surface area contributed by atoms with Gasteiger partial charge in [-0.1, -0.05) is 41.9 Å². The van der Waals surface area contributed by atoms with E-state index in [9.17, 15) is 26.4 Å². The molecular formula is C40H43ClF4N6O5S. The van der Waals surface area contributed by atoms with Crippen LogP contribution in [0.25, 0.3) is 22.2 Å². The molecule has 0 radical (unpaired) electrons. The Hall–Kier alpha value is -4.93.